The normalized spacial score (nSPS) is 14.1. The molecule has 12 heteroatoms. The predicted molar refractivity (Wildman–Crippen MR) is 120 cm³/mol. The highest BCUT2D eigenvalue weighted by Gasteiger charge is 2.23. The number of benzene rings is 1. The number of aromatic nitrogens is 2. The van der Waals surface area contributed by atoms with Gasteiger partial charge in [-0.05, 0) is 18.2 Å². The number of rotatable bonds is 6. The zero-order valence-corrected chi connectivity index (χ0v) is 18.1. The summed E-state index contributed by atoms with van der Waals surface area (Å²) in [5.74, 6) is 1.52. The van der Waals surface area contributed by atoms with Crippen LogP contribution >= 0.6 is 0 Å². The molecule has 1 saturated heterocycles. The molecule has 0 bridgehead atoms. The number of carbonyl (C=O) groups excluding carboxylic acids is 1. The van der Waals surface area contributed by atoms with Gasteiger partial charge in [0.1, 0.15) is 16.5 Å². The van der Waals surface area contributed by atoms with Crippen LogP contribution in [0, 0.1) is 10.1 Å². The maximum Gasteiger partial charge on any atom is 0.433 e. The summed E-state index contributed by atoms with van der Waals surface area (Å²) in [4.78, 5) is 35.2. The number of nitrogens with two attached hydrogens (primary N) is 1. The number of piperazine rings is 1. The number of carbonyl (C=O) groups is 1. The number of nitrogen functional groups attached to an aromatic ring is 1. The SMILES string of the molecule is COc1cc2nc(N3CCN(C(=O)C=Cc4ccc([N+](=O)[O-])o4)CC3)nc(N)c2cc1OC. The highest BCUT2D eigenvalue weighted by Crippen LogP contribution is 2.34. The predicted octanol–water partition coefficient (Wildman–Crippen LogP) is 2.09. The van der Waals surface area contributed by atoms with Gasteiger partial charge in [-0.3, -0.25) is 14.9 Å². The first-order valence-electron chi connectivity index (χ1n) is 10.0. The minimum Gasteiger partial charge on any atom is -0.493 e. The summed E-state index contributed by atoms with van der Waals surface area (Å²) in [7, 11) is 3.09. The quantitative estimate of drug-likeness (QED) is 0.333. The Morgan fingerprint density at radius 2 is 1.85 bits per heavy atom. The second-order valence-electron chi connectivity index (χ2n) is 7.21. The average Bonchev–Trinajstić information content (AvgIpc) is 3.31. The van der Waals surface area contributed by atoms with Crippen LogP contribution in [0.15, 0.2) is 34.8 Å². The minimum atomic E-state index is -0.632. The second-order valence-corrected chi connectivity index (χ2v) is 7.21. The van der Waals surface area contributed by atoms with Gasteiger partial charge in [-0.2, -0.15) is 4.98 Å². The Kier molecular flexibility index (Phi) is 5.98. The molecule has 1 fully saturated rings. The number of anilines is 2. The Hall–Kier alpha value is -4.35. The number of nitrogens with zero attached hydrogens (tertiary/aromatic N) is 5. The van der Waals surface area contributed by atoms with E-state index in [0.29, 0.717) is 60.3 Å². The number of methoxy groups -OCH3 is 2. The smallest absolute Gasteiger partial charge is 0.433 e. The van der Waals surface area contributed by atoms with E-state index in [1.807, 2.05) is 4.90 Å². The fourth-order valence-electron chi connectivity index (χ4n) is 3.52. The molecule has 0 saturated carbocycles. The van der Waals surface area contributed by atoms with Crippen LogP contribution in [0.2, 0.25) is 0 Å². The van der Waals surface area contributed by atoms with Gasteiger partial charge in [0, 0.05) is 43.7 Å². The average molecular weight is 454 g/mol. The van der Waals surface area contributed by atoms with E-state index in [1.54, 1.807) is 31.3 Å². The van der Waals surface area contributed by atoms with Crippen LogP contribution in [0.3, 0.4) is 0 Å². The molecular weight excluding hydrogens is 432 g/mol. The molecule has 0 spiro atoms. The van der Waals surface area contributed by atoms with E-state index in [0.717, 1.165) is 0 Å². The summed E-state index contributed by atoms with van der Waals surface area (Å²) in [6.45, 7) is 1.94. The van der Waals surface area contributed by atoms with E-state index in [9.17, 15) is 14.9 Å². The number of furan rings is 1. The third-order valence-corrected chi connectivity index (χ3v) is 5.28. The summed E-state index contributed by atoms with van der Waals surface area (Å²) < 4.78 is 15.7. The molecule has 2 N–H and O–H groups in total. The summed E-state index contributed by atoms with van der Waals surface area (Å²) in [5.41, 5.74) is 6.80. The Bertz CT molecular complexity index is 1230. The van der Waals surface area contributed by atoms with Crippen LogP contribution in [0.1, 0.15) is 5.76 Å². The van der Waals surface area contributed by atoms with Crippen molar-refractivity contribution in [1.29, 1.82) is 0 Å². The van der Waals surface area contributed by atoms with E-state index in [4.69, 9.17) is 19.6 Å². The van der Waals surface area contributed by atoms with E-state index >= 15 is 0 Å². The zero-order valence-electron chi connectivity index (χ0n) is 18.1. The first-order chi connectivity index (χ1) is 15.9. The van der Waals surface area contributed by atoms with Gasteiger partial charge in [0.05, 0.1) is 25.8 Å². The second kappa shape index (κ2) is 9.02. The number of hydrogen-bond acceptors (Lipinski definition) is 10. The van der Waals surface area contributed by atoms with E-state index in [1.165, 1.54) is 24.3 Å². The van der Waals surface area contributed by atoms with Crippen molar-refractivity contribution in [2.24, 2.45) is 0 Å². The van der Waals surface area contributed by atoms with Gasteiger partial charge in [0.15, 0.2) is 11.5 Å². The monoisotopic (exact) mass is 454 g/mol. The van der Waals surface area contributed by atoms with Gasteiger partial charge >= 0.3 is 5.88 Å². The lowest BCUT2D eigenvalue weighted by molar-refractivity contribution is -0.402. The van der Waals surface area contributed by atoms with Crippen LogP contribution < -0.4 is 20.1 Å². The van der Waals surface area contributed by atoms with E-state index in [2.05, 4.69) is 9.97 Å². The minimum absolute atomic E-state index is 0.218. The summed E-state index contributed by atoms with van der Waals surface area (Å²) in [6.07, 6.45) is 2.75. The Morgan fingerprint density at radius 3 is 2.48 bits per heavy atom. The van der Waals surface area contributed by atoms with Gasteiger partial charge in [0.25, 0.3) is 0 Å². The fourth-order valence-corrected chi connectivity index (χ4v) is 3.52. The first kappa shape index (κ1) is 21.9. The summed E-state index contributed by atoms with van der Waals surface area (Å²) in [6, 6.07) is 6.17. The van der Waals surface area contributed by atoms with Gasteiger partial charge in [-0.1, -0.05) is 0 Å². The van der Waals surface area contributed by atoms with Crippen LogP contribution in [-0.4, -0.2) is 66.1 Å². The van der Waals surface area contributed by atoms with Crippen LogP contribution in [0.5, 0.6) is 11.5 Å². The van der Waals surface area contributed by atoms with Gasteiger partial charge in [0.2, 0.25) is 11.9 Å². The molecule has 3 aromatic rings. The standard InChI is InChI=1S/C21H22N6O6/c1-31-16-11-14-15(12-17(16)32-2)23-21(24-20(14)22)26-9-7-25(8-10-26)18(28)5-3-13-4-6-19(33-13)27(29)30/h3-6,11-12H,7-10H2,1-2H3,(H2,22,23,24). The molecule has 0 aliphatic carbocycles. The van der Waals surface area contributed by atoms with Crippen molar-refractivity contribution < 1.29 is 23.6 Å². The van der Waals surface area contributed by atoms with Crippen molar-refractivity contribution in [3.63, 3.8) is 0 Å². The van der Waals surface area contributed by atoms with E-state index < -0.39 is 4.92 Å². The van der Waals surface area contributed by atoms with E-state index in [-0.39, 0.29) is 17.6 Å². The lowest BCUT2D eigenvalue weighted by atomic mass is 10.2. The molecule has 0 radical (unpaired) electrons. The Morgan fingerprint density at radius 1 is 1.15 bits per heavy atom. The molecule has 1 aliphatic heterocycles. The van der Waals surface area contributed by atoms with Crippen LogP contribution in [0.25, 0.3) is 17.0 Å². The highest BCUT2D eigenvalue weighted by atomic mass is 16.6. The maximum absolute atomic E-state index is 12.5. The molecule has 1 aromatic carbocycles. The highest BCUT2D eigenvalue weighted by molar-refractivity contribution is 5.92. The number of nitro groups is 1. The molecule has 4 rings (SSSR count). The number of fused-ring (bicyclic) bond motifs is 1. The molecule has 1 amide bonds. The molecule has 33 heavy (non-hydrogen) atoms. The number of hydrogen-bond donors (Lipinski definition) is 1. The largest absolute Gasteiger partial charge is 0.493 e. The summed E-state index contributed by atoms with van der Waals surface area (Å²) in [5, 5.41) is 11.3. The molecule has 0 atom stereocenters. The third kappa shape index (κ3) is 4.49. The Labute approximate surface area is 188 Å². The fraction of sp³-hybridized carbons (Fsp3) is 0.286. The molecule has 1 aliphatic rings. The molecule has 3 heterocycles. The van der Waals surface area contributed by atoms with Crippen molar-refractivity contribution in [2.75, 3.05) is 51.0 Å². The summed E-state index contributed by atoms with van der Waals surface area (Å²) >= 11 is 0. The van der Waals surface area contributed by atoms with Crippen molar-refractivity contribution in [3.8, 4) is 11.5 Å². The maximum atomic E-state index is 12.5. The lowest BCUT2D eigenvalue weighted by Gasteiger charge is -2.34. The molecule has 2 aromatic heterocycles. The van der Waals surface area contributed by atoms with Gasteiger partial charge < -0.3 is 29.4 Å². The zero-order chi connectivity index (χ0) is 23.5. The first-order valence-corrected chi connectivity index (χ1v) is 10.0. The lowest BCUT2D eigenvalue weighted by Crippen LogP contribution is -2.48. The Balaban J connectivity index is 1.44. The van der Waals surface area contributed by atoms with Crippen molar-refractivity contribution >= 4 is 40.5 Å². The topological polar surface area (TPSA) is 150 Å². The van der Waals surface area contributed by atoms with Gasteiger partial charge in [-0.25, -0.2) is 4.98 Å². The molecular formula is C21H22N6O6. The van der Waals surface area contributed by atoms with Crippen molar-refractivity contribution in [2.45, 2.75) is 0 Å². The number of ether oxygens (including phenoxy) is 2. The van der Waals surface area contributed by atoms with Crippen LogP contribution in [0.4, 0.5) is 17.7 Å². The number of amides is 1. The molecule has 12 nitrogen and oxygen atoms in total. The van der Waals surface area contributed by atoms with Crippen molar-refractivity contribution in [3.05, 3.63) is 46.2 Å². The molecule has 0 unspecified atom stereocenters. The van der Waals surface area contributed by atoms with Crippen LogP contribution in [-0.2, 0) is 4.79 Å². The third-order valence-electron chi connectivity index (χ3n) is 5.28. The molecule has 172 valence electrons. The van der Waals surface area contributed by atoms with Crippen molar-refractivity contribution in [1.82, 2.24) is 14.9 Å². The van der Waals surface area contributed by atoms with Gasteiger partial charge in [-0.15, -0.1) is 0 Å².